The van der Waals surface area contributed by atoms with E-state index in [-0.39, 0.29) is 0 Å². The van der Waals surface area contributed by atoms with E-state index in [0.717, 1.165) is 13.0 Å². The van der Waals surface area contributed by atoms with Gasteiger partial charge in [0.15, 0.2) is 0 Å². The summed E-state index contributed by atoms with van der Waals surface area (Å²) in [6.07, 6.45) is 4.92. The van der Waals surface area contributed by atoms with Gasteiger partial charge in [0.2, 0.25) is 0 Å². The molecule has 3 heteroatoms. The van der Waals surface area contributed by atoms with Crippen molar-refractivity contribution in [3.63, 3.8) is 0 Å². The number of nitrogens with one attached hydrogen (secondary N) is 1. The van der Waals surface area contributed by atoms with Gasteiger partial charge in [-0.25, -0.2) is 4.98 Å². The standard InChI is InChI=1S/C11H21N3/c1-9(2)13-6-5-11-7-12-8-14(11)10(3)4/h7-10,13H,5-6H2,1-4H3. The number of hydrogen-bond donors (Lipinski definition) is 1. The van der Waals surface area contributed by atoms with Gasteiger partial charge in [0.1, 0.15) is 0 Å². The van der Waals surface area contributed by atoms with Gasteiger partial charge in [-0.15, -0.1) is 0 Å². The molecule has 1 rings (SSSR count). The van der Waals surface area contributed by atoms with Crippen LogP contribution in [0.4, 0.5) is 0 Å². The Morgan fingerprint density at radius 2 is 2.07 bits per heavy atom. The maximum Gasteiger partial charge on any atom is 0.0950 e. The Hall–Kier alpha value is -0.830. The van der Waals surface area contributed by atoms with E-state index in [1.165, 1.54) is 5.69 Å². The van der Waals surface area contributed by atoms with Gasteiger partial charge in [0.05, 0.1) is 6.33 Å². The summed E-state index contributed by atoms with van der Waals surface area (Å²) in [7, 11) is 0. The molecule has 3 nitrogen and oxygen atoms in total. The zero-order valence-corrected chi connectivity index (χ0v) is 9.62. The molecular formula is C11H21N3. The van der Waals surface area contributed by atoms with E-state index < -0.39 is 0 Å². The highest BCUT2D eigenvalue weighted by molar-refractivity contribution is 5.00. The summed E-state index contributed by atoms with van der Waals surface area (Å²) in [5, 5.41) is 3.41. The zero-order chi connectivity index (χ0) is 10.6. The highest BCUT2D eigenvalue weighted by Gasteiger charge is 2.04. The van der Waals surface area contributed by atoms with Crippen LogP contribution in [-0.2, 0) is 6.42 Å². The minimum atomic E-state index is 0.506. The average Bonchev–Trinajstić information content (AvgIpc) is 2.51. The van der Waals surface area contributed by atoms with Gasteiger partial charge >= 0.3 is 0 Å². The summed E-state index contributed by atoms with van der Waals surface area (Å²) in [5.41, 5.74) is 1.31. The van der Waals surface area contributed by atoms with Crippen molar-refractivity contribution in [2.24, 2.45) is 0 Å². The van der Waals surface area contributed by atoms with Crippen LogP contribution in [-0.4, -0.2) is 22.1 Å². The number of rotatable bonds is 5. The van der Waals surface area contributed by atoms with Gasteiger partial charge in [-0.3, -0.25) is 0 Å². The lowest BCUT2D eigenvalue weighted by molar-refractivity contribution is 0.545. The van der Waals surface area contributed by atoms with E-state index in [4.69, 9.17) is 0 Å². The van der Waals surface area contributed by atoms with Crippen molar-refractivity contribution in [1.82, 2.24) is 14.9 Å². The van der Waals surface area contributed by atoms with E-state index in [9.17, 15) is 0 Å². The van der Waals surface area contributed by atoms with Gasteiger partial charge in [-0.2, -0.15) is 0 Å². The second kappa shape index (κ2) is 5.15. The molecule has 0 saturated carbocycles. The third kappa shape index (κ3) is 3.14. The topological polar surface area (TPSA) is 29.9 Å². The maximum absolute atomic E-state index is 4.18. The molecule has 1 heterocycles. The maximum atomic E-state index is 4.18. The Bertz CT molecular complexity index is 263. The van der Waals surface area contributed by atoms with Crippen molar-refractivity contribution in [3.8, 4) is 0 Å². The van der Waals surface area contributed by atoms with Crippen molar-refractivity contribution in [3.05, 3.63) is 18.2 Å². The second-order valence-corrected chi connectivity index (χ2v) is 4.24. The molecule has 0 aliphatic carbocycles. The van der Waals surface area contributed by atoms with E-state index in [0.29, 0.717) is 12.1 Å². The molecule has 0 aromatic carbocycles. The minimum Gasteiger partial charge on any atom is -0.332 e. The predicted octanol–water partition coefficient (Wildman–Crippen LogP) is 2.00. The van der Waals surface area contributed by atoms with Crippen LogP contribution in [0.2, 0.25) is 0 Å². The molecule has 0 amide bonds. The van der Waals surface area contributed by atoms with Crippen molar-refractivity contribution in [2.45, 2.75) is 46.2 Å². The van der Waals surface area contributed by atoms with Crippen LogP contribution < -0.4 is 5.32 Å². The molecule has 0 aliphatic heterocycles. The molecule has 0 spiro atoms. The largest absolute Gasteiger partial charge is 0.332 e. The highest BCUT2D eigenvalue weighted by Crippen LogP contribution is 2.08. The van der Waals surface area contributed by atoms with Crippen LogP contribution in [0.1, 0.15) is 39.4 Å². The lowest BCUT2D eigenvalue weighted by atomic mass is 10.2. The van der Waals surface area contributed by atoms with Gasteiger partial charge in [0, 0.05) is 36.9 Å². The molecule has 0 radical (unpaired) electrons. The first-order valence-corrected chi connectivity index (χ1v) is 5.35. The molecule has 0 fully saturated rings. The van der Waals surface area contributed by atoms with Crippen LogP contribution in [0, 0.1) is 0 Å². The molecule has 1 aromatic heterocycles. The molecule has 0 saturated heterocycles. The Kier molecular flexibility index (Phi) is 4.14. The summed E-state index contributed by atoms with van der Waals surface area (Å²) < 4.78 is 2.22. The average molecular weight is 195 g/mol. The SMILES string of the molecule is CC(C)NCCc1cncn1C(C)C. The fourth-order valence-electron chi connectivity index (χ4n) is 1.48. The Morgan fingerprint density at radius 3 is 2.64 bits per heavy atom. The van der Waals surface area contributed by atoms with Crippen LogP contribution in [0.25, 0.3) is 0 Å². The fourth-order valence-corrected chi connectivity index (χ4v) is 1.48. The number of aromatic nitrogens is 2. The van der Waals surface area contributed by atoms with E-state index in [1.807, 2.05) is 12.5 Å². The molecule has 0 atom stereocenters. The molecule has 0 bridgehead atoms. The zero-order valence-electron chi connectivity index (χ0n) is 9.62. The molecular weight excluding hydrogens is 174 g/mol. The van der Waals surface area contributed by atoms with Crippen LogP contribution in [0.5, 0.6) is 0 Å². The van der Waals surface area contributed by atoms with E-state index in [2.05, 4.69) is 42.6 Å². The monoisotopic (exact) mass is 195 g/mol. The predicted molar refractivity (Wildman–Crippen MR) is 59.5 cm³/mol. The molecule has 14 heavy (non-hydrogen) atoms. The number of nitrogens with zero attached hydrogens (tertiary/aromatic N) is 2. The highest BCUT2D eigenvalue weighted by atomic mass is 15.1. The van der Waals surface area contributed by atoms with Crippen LogP contribution in [0.15, 0.2) is 12.5 Å². The van der Waals surface area contributed by atoms with E-state index >= 15 is 0 Å². The molecule has 0 unspecified atom stereocenters. The summed E-state index contributed by atoms with van der Waals surface area (Å²) in [6, 6.07) is 1.07. The minimum absolute atomic E-state index is 0.506. The van der Waals surface area contributed by atoms with Crippen molar-refractivity contribution < 1.29 is 0 Å². The number of hydrogen-bond acceptors (Lipinski definition) is 2. The molecule has 80 valence electrons. The number of imidazole rings is 1. The molecule has 0 aliphatic rings. The van der Waals surface area contributed by atoms with E-state index in [1.54, 1.807) is 0 Å². The van der Waals surface area contributed by atoms with Gasteiger partial charge in [-0.1, -0.05) is 13.8 Å². The van der Waals surface area contributed by atoms with Crippen LogP contribution in [0.3, 0.4) is 0 Å². The second-order valence-electron chi connectivity index (χ2n) is 4.24. The smallest absolute Gasteiger partial charge is 0.0950 e. The molecule has 1 aromatic rings. The third-order valence-electron chi connectivity index (χ3n) is 2.24. The summed E-state index contributed by atoms with van der Waals surface area (Å²) in [6.45, 7) is 9.72. The van der Waals surface area contributed by atoms with Crippen molar-refractivity contribution >= 4 is 0 Å². The van der Waals surface area contributed by atoms with Gasteiger partial charge in [0.25, 0.3) is 0 Å². The quantitative estimate of drug-likeness (QED) is 0.779. The first-order chi connectivity index (χ1) is 6.61. The van der Waals surface area contributed by atoms with Crippen molar-refractivity contribution in [2.75, 3.05) is 6.54 Å². The summed E-state index contributed by atoms with van der Waals surface area (Å²) >= 11 is 0. The lowest BCUT2D eigenvalue weighted by Gasteiger charge is -2.12. The van der Waals surface area contributed by atoms with Crippen LogP contribution >= 0.6 is 0 Å². The normalized spacial score (nSPS) is 11.6. The fraction of sp³-hybridized carbons (Fsp3) is 0.727. The van der Waals surface area contributed by atoms with Gasteiger partial charge in [-0.05, 0) is 13.8 Å². The van der Waals surface area contributed by atoms with Gasteiger partial charge < -0.3 is 9.88 Å². The summed E-state index contributed by atoms with van der Waals surface area (Å²) in [4.78, 5) is 4.18. The first-order valence-electron chi connectivity index (χ1n) is 5.35. The Morgan fingerprint density at radius 1 is 1.36 bits per heavy atom. The Balaban J connectivity index is 2.46. The van der Waals surface area contributed by atoms with Crippen molar-refractivity contribution in [1.29, 1.82) is 0 Å². The lowest BCUT2D eigenvalue weighted by Crippen LogP contribution is -2.25. The summed E-state index contributed by atoms with van der Waals surface area (Å²) in [5.74, 6) is 0. The molecule has 1 N–H and O–H groups in total. The third-order valence-corrected chi connectivity index (χ3v) is 2.24. The first kappa shape index (κ1) is 11.2. The Labute approximate surface area is 86.5 Å².